The van der Waals surface area contributed by atoms with Crippen molar-refractivity contribution in [1.29, 1.82) is 0 Å². The van der Waals surface area contributed by atoms with Crippen molar-refractivity contribution < 1.29 is 0 Å². The van der Waals surface area contributed by atoms with E-state index in [1.807, 2.05) is 0 Å². The summed E-state index contributed by atoms with van der Waals surface area (Å²) in [7, 11) is 0. The number of fused-ring (bicyclic) bond motifs is 1. The molecule has 0 spiro atoms. The molecular formula is C17H27NS. The average Bonchev–Trinajstić information content (AvgIpc) is 2.57. The quantitative estimate of drug-likeness (QED) is 0.800. The lowest BCUT2D eigenvalue weighted by atomic mass is 9.81. The van der Waals surface area contributed by atoms with E-state index in [0.29, 0.717) is 11.3 Å². The molecule has 1 aliphatic rings. The first-order valence-electron chi connectivity index (χ1n) is 7.46. The van der Waals surface area contributed by atoms with Crippen molar-refractivity contribution in [3.8, 4) is 0 Å². The van der Waals surface area contributed by atoms with Crippen LogP contribution in [0.1, 0.15) is 39.2 Å². The highest BCUT2D eigenvalue weighted by atomic mass is 32.1. The van der Waals surface area contributed by atoms with Crippen LogP contribution >= 0.6 is 12.6 Å². The van der Waals surface area contributed by atoms with Crippen LogP contribution in [-0.4, -0.2) is 18.8 Å². The van der Waals surface area contributed by atoms with Gasteiger partial charge in [0.15, 0.2) is 0 Å². The molecule has 0 bridgehead atoms. The van der Waals surface area contributed by atoms with Crippen molar-refractivity contribution in [2.24, 2.45) is 11.3 Å². The zero-order chi connectivity index (χ0) is 13.9. The van der Waals surface area contributed by atoms with Crippen molar-refractivity contribution in [3.63, 3.8) is 0 Å². The molecule has 1 aliphatic heterocycles. The molecule has 1 heterocycles. The smallest absolute Gasteiger partial charge is 0.0398 e. The van der Waals surface area contributed by atoms with E-state index in [-0.39, 0.29) is 0 Å². The van der Waals surface area contributed by atoms with Gasteiger partial charge in [-0.15, -0.1) is 0 Å². The van der Waals surface area contributed by atoms with E-state index in [2.05, 4.69) is 62.6 Å². The van der Waals surface area contributed by atoms with Gasteiger partial charge >= 0.3 is 0 Å². The third-order valence-corrected chi connectivity index (χ3v) is 4.78. The molecule has 2 heteroatoms. The number of thiol groups is 1. The molecule has 0 aromatic heterocycles. The number of hydrogen-bond acceptors (Lipinski definition) is 2. The highest BCUT2D eigenvalue weighted by molar-refractivity contribution is 7.80. The molecule has 0 fully saturated rings. The van der Waals surface area contributed by atoms with Crippen molar-refractivity contribution in [2.45, 2.75) is 40.0 Å². The maximum absolute atomic E-state index is 4.58. The lowest BCUT2D eigenvalue weighted by molar-refractivity contribution is 0.269. The van der Waals surface area contributed by atoms with Crippen LogP contribution in [0.25, 0.3) is 0 Å². The van der Waals surface area contributed by atoms with E-state index in [9.17, 15) is 0 Å². The topological polar surface area (TPSA) is 3.24 Å². The van der Waals surface area contributed by atoms with Crippen molar-refractivity contribution in [3.05, 3.63) is 29.8 Å². The first-order valence-corrected chi connectivity index (χ1v) is 8.09. The van der Waals surface area contributed by atoms with E-state index in [4.69, 9.17) is 0 Å². The number of nitrogens with zero attached hydrogens (tertiary/aromatic N) is 1. The van der Waals surface area contributed by atoms with E-state index in [0.717, 1.165) is 12.3 Å². The van der Waals surface area contributed by atoms with Gasteiger partial charge < -0.3 is 4.90 Å². The number of benzene rings is 1. The van der Waals surface area contributed by atoms with Gasteiger partial charge in [0.25, 0.3) is 0 Å². The van der Waals surface area contributed by atoms with Gasteiger partial charge in [0, 0.05) is 18.8 Å². The molecule has 2 rings (SSSR count). The second-order valence-electron chi connectivity index (χ2n) is 6.78. The highest BCUT2D eigenvalue weighted by Crippen LogP contribution is 2.32. The maximum atomic E-state index is 4.58. The van der Waals surface area contributed by atoms with Crippen LogP contribution in [0.2, 0.25) is 0 Å². The Morgan fingerprint density at radius 1 is 1.21 bits per heavy atom. The molecule has 0 saturated heterocycles. The minimum Gasteiger partial charge on any atom is -0.371 e. The normalized spacial score (nSPS) is 17.8. The van der Waals surface area contributed by atoms with Crippen LogP contribution in [0.3, 0.4) is 0 Å². The lowest BCUT2D eigenvalue weighted by Gasteiger charge is -2.36. The third-order valence-electron chi connectivity index (χ3n) is 4.34. The number of rotatable bonds is 3. The Kier molecular flexibility index (Phi) is 4.83. The first kappa shape index (κ1) is 14.8. The SMILES string of the molecule is CC(C)(C)C(CS)CN1CCCCc2ccccc21. The van der Waals surface area contributed by atoms with Gasteiger partial charge in [-0.05, 0) is 48.0 Å². The van der Waals surface area contributed by atoms with Gasteiger partial charge in [-0.3, -0.25) is 0 Å². The molecule has 1 nitrogen and oxygen atoms in total. The molecule has 1 aromatic rings. The summed E-state index contributed by atoms with van der Waals surface area (Å²) in [5.41, 5.74) is 3.30. The Morgan fingerprint density at radius 2 is 1.95 bits per heavy atom. The number of anilines is 1. The van der Waals surface area contributed by atoms with E-state index in [1.54, 1.807) is 0 Å². The van der Waals surface area contributed by atoms with E-state index in [1.165, 1.54) is 37.1 Å². The molecule has 19 heavy (non-hydrogen) atoms. The number of aryl methyl sites for hydroxylation is 1. The molecule has 0 amide bonds. The van der Waals surface area contributed by atoms with Crippen LogP contribution in [0.4, 0.5) is 5.69 Å². The van der Waals surface area contributed by atoms with Gasteiger partial charge in [0.1, 0.15) is 0 Å². The second kappa shape index (κ2) is 6.21. The van der Waals surface area contributed by atoms with Crippen LogP contribution in [0.15, 0.2) is 24.3 Å². The summed E-state index contributed by atoms with van der Waals surface area (Å²) < 4.78 is 0. The molecule has 0 aliphatic carbocycles. The minimum atomic E-state index is 0.322. The summed E-state index contributed by atoms with van der Waals surface area (Å²) in [6, 6.07) is 8.92. The van der Waals surface area contributed by atoms with E-state index < -0.39 is 0 Å². The summed E-state index contributed by atoms with van der Waals surface area (Å²) in [4.78, 5) is 2.59. The van der Waals surface area contributed by atoms with E-state index >= 15 is 0 Å². The largest absolute Gasteiger partial charge is 0.371 e. The zero-order valence-corrected chi connectivity index (χ0v) is 13.4. The molecule has 1 atom stereocenters. The Morgan fingerprint density at radius 3 is 2.63 bits per heavy atom. The van der Waals surface area contributed by atoms with Gasteiger partial charge in [-0.25, -0.2) is 0 Å². The summed E-state index contributed by atoms with van der Waals surface area (Å²) in [6.07, 6.45) is 3.85. The predicted molar refractivity (Wildman–Crippen MR) is 88.4 cm³/mol. The number of para-hydroxylation sites is 1. The lowest BCUT2D eigenvalue weighted by Crippen LogP contribution is -2.37. The van der Waals surface area contributed by atoms with Gasteiger partial charge in [-0.2, -0.15) is 12.6 Å². The Labute approximate surface area is 123 Å². The van der Waals surface area contributed by atoms with Crippen molar-refractivity contribution >= 4 is 18.3 Å². The van der Waals surface area contributed by atoms with Crippen molar-refractivity contribution in [2.75, 3.05) is 23.7 Å². The van der Waals surface area contributed by atoms with Crippen LogP contribution in [0.5, 0.6) is 0 Å². The zero-order valence-electron chi connectivity index (χ0n) is 12.5. The molecule has 1 unspecified atom stereocenters. The third kappa shape index (κ3) is 3.68. The fraction of sp³-hybridized carbons (Fsp3) is 0.647. The fourth-order valence-electron chi connectivity index (χ4n) is 2.83. The summed E-state index contributed by atoms with van der Waals surface area (Å²) in [5, 5.41) is 0. The molecule has 0 saturated carbocycles. The summed E-state index contributed by atoms with van der Waals surface area (Å²) in [6.45, 7) is 9.31. The van der Waals surface area contributed by atoms with Crippen molar-refractivity contribution in [1.82, 2.24) is 0 Å². The standard InChI is InChI=1S/C17H27NS/c1-17(2,3)15(13-19)12-18-11-7-6-9-14-8-4-5-10-16(14)18/h4-5,8,10,15,19H,6-7,9,11-13H2,1-3H3. The molecule has 0 N–H and O–H groups in total. The fourth-order valence-corrected chi connectivity index (χ4v) is 3.49. The molecular weight excluding hydrogens is 250 g/mol. The Hall–Kier alpha value is -0.630. The highest BCUT2D eigenvalue weighted by Gasteiger charge is 2.26. The van der Waals surface area contributed by atoms with Crippen LogP contribution in [-0.2, 0) is 6.42 Å². The second-order valence-corrected chi connectivity index (χ2v) is 7.14. The monoisotopic (exact) mass is 277 g/mol. The van der Waals surface area contributed by atoms with Gasteiger partial charge in [0.05, 0.1) is 0 Å². The Balaban J connectivity index is 2.20. The van der Waals surface area contributed by atoms with Crippen LogP contribution in [0, 0.1) is 11.3 Å². The Bertz CT molecular complexity index is 408. The minimum absolute atomic E-state index is 0.322. The predicted octanol–water partition coefficient (Wildman–Crippen LogP) is 4.42. The van der Waals surface area contributed by atoms with Gasteiger partial charge in [-0.1, -0.05) is 39.0 Å². The molecule has 1 aromatic carbocycles. The van der Waals surface area contributed by atoms with Crippen LogP contribution < -0.4 is 4.90 Å². The van der Waals surface area contributed by atoms with Gasteiger partial charge in [0.2, 0.25) is 0 Å². The number of hydrogen-bond donors (Lipinski definition) is 1. The summed E-state index contributed by atoms with van der Waals surface area (Å²) in [5.74, 6) is 1.59. The molecule has 106 valence electrons. The maximum Gasteiger partial charge on any atom is 0.0398 e. The summed E-state index contributed by atoms with van der Waals surface area (Å²) >= 11 is 4.58. The first-order chi connectivity index (χ1) is 9.02. The molecule has 0 radical (unpaired) electrons. The average molecular weight is 277 g/mol.